The van der Waals surface area contributed by atoms with E-state index in [-0.39, 0.29) is 0 Å². The molecule has 0 atom stereocenters. The molecule has 0 spiro atoms. The van der Waals surface area contributed by atoms with Gasteiger partial charge in [-0.15, -0.1) is 11.3 Å². The maximum atomic E-state index is 6.05. The molecule has 78 valence electrons. The van der Waals surface area contributed by atoms with E-state index in [0.717, 1.165) is 11.3 Å². The number of hydrogen-bond acceptors (Lipinski definition) is 3. The summed E-state index contributed by atoms with van der Waals surface area (Å²) in [5, 5.41) is 3.80. The molecule has 1 aromatic carbocycles. The molecule has 0 aliphatic carbocycles. The van der Waals surface area contributed by atoms with Crippen LogP contribution in [-0.2, 0) is 6.42 Å². The number of benzene rings is 1. The van der Waals surface area contributed by atoms with Crippen LogP contribution in [0.15, 0.2) is 23.6 Å². The van der Waals surface area contributed by atoms with E-state index >= 15 is 0 Å². The molecule has 5 heteroatoms. The number of hydrogen-bond donors (Lipinski definition) is 1. The molecule has 0 aliphatic heterocycles. The third-order valence-electron chi connectivity index (χ3n) is 1.99. The predicted molar refractivity (Wildman–Crippen MR) is 65.8 cm³/mol. The molecule has 2 rings (SSSR count). The van der Waals surface area contributed by atoms with Gasteiger partial charge in [0.1, 0.15) is 0 Å². The Morgan fingerprint density at radius 3 is 2.47 bits per heavy atom. The number of anilines is 1. The fourth-order valence-electron chi connectivity index (χ4n) is 1.29. The van der Waals surface area contributed by atoms with Gasteiger partial charge in [-0.25, -0.2) is 4.98 Å². The number of nitrogens with zero attached hydrogens (tertiary/aromatic N) is 1. The molecule has 1 aromatic heterocycles. The molecule has 2 nitrogen and oxygen atoms in total. The van der Waals surface area contributed by atoms with E-state index in [2.05, 4.69) is 4.98 Å². The van der Waals surface area contributed by atoms with Crippen molar-refractivity contribution in [1.82, 2.24) is 4.98 Å². The van der Waals surface area contributed by atoms with Crippen LogP contribution >= 0.6 is 34.5 Å². The molecular weight excluding hydrogens is 251 g/mol. The molecule has 0 bridgehead atoms. The van der Waals surface area contributed by atoms with Gasteiger partial charge in [0.2, 0.25) is 0 Å². The van der Waals surface area contributed by atoms with Gasteiger partial charge >= 0.3 is 0 Å². The number of rotatable bonds is 2. The van der Waals surface area contributed by atoms with Crippen LogP contribution in [0, 0.1) is 0 Å². The van der Waals surface area contributed by atoms with Gasteiger partial charge < -0.3 is 5.73 Å². The lowest BCUT2D eigenvalue weighted by Gasteiger charge is -2.04. The number of nitrogen functional groups attached to an aromatic ring is 1. The highest BCUT2D eigenvalue weighted by Gasteiger charge is 2.08. The summed E-state index contributed by atoms with van der Waals surface area (Å²) in [6, 6.07) is 5.46. The third-order valence-corrected chi connectivity index (χ3v) is 3.42. The predicted octanol–water partition coefficient (Wildman–Crippen LogP) is 3.62. The number of halogens is 2. The Morgan fingerprint density at radius 1 is 1.27 bits per heavy atom. The van der Waals surface area contributed by atoms with Crippen molar-refractivity contribution in [2.75, 3.05) is 5.73 Å². The molecule has 2 N–H and O–H groups in total. The van der Waals surface area contributed by atoms with E-state index in [0.29, 0.717) is 21.6 Å². The van der Waals surface area contributed by atoms with Crippen LogP contribution in [0.2, 0.25) is 10.0 Å². The van der Waals surface area contributed by atoms with E-state index in [9.17, 15) is 0 Å². The second-order valence-corrected chi connectivity index (χ2v) is 4.76. The zero-order chi connectivity index (χ0) is 10.8. The fraction of sp³-hybridized carbons (Fsp3) is 0.100. The van der Waals surface area contributed by atoms with E-state index in [1.165, 1.54) is 11.3 Å². The molecule has 0 saturated carbocycles. The first-order valence-electron chi connectivity index (χ1n) is 4.29. The third kappa shape index (κ3) is 2.43. The minimum absolute atomic E-state index is 0.563. The van der Waals surface area contributed by atoms with Crippen LogP contribution in [0.3, 0.4) is 0 Å². The van der Waals surface area contributed by atoms with Crippen molar-refractivity contribution in [2.45, 2.75) is 6.42 Å². The van der Waals surface area contributed by atoms with Gasteiger partial charge in [-0.05, 0) is 17.7 Å². The Kier molecular flexibility index (Phi) is 3.14. The summed E-state index contributed by atoms with van der Waals surface area (Å²) in [6.45, 7) is 0. The zero-order valence-electron chi connectivity index (χ0n) is 7.71. The topological polar surface area (TPSA) is 38.9 Å². The van der Waals surface area contributed by atoms with E-state index < -0.39 is 0 Å². The number of nitrogens with two attached hydrogens (primary N) is 1. The van der Waals surface area contributed by atoms with Crippen molar-refractivity contribution in [2.24, 2.45) is 0 Å². The van der Waals surface area contributed by atoms with Gasteiger partial charge in [-0.1, -0.05) is 29.3 Å². The molecule has 15 heavy (non-hydrogen) atoms. The molecule has 0 saturated heterocycles. The van der Waals surface area contributed by atoms with Crippen molar-refractivity contribution in [3.05, 3.63) is 44.9 Å². The molecular formula is C10H8Cl2N2S. The largest absolute Gasteiger partial charge is 0.375 e. The van der Waals surface area contributed by atoms with Gasteiger partial charge in [0.25, 0.3) is 0 Å². The van der Waals surface area contributed by atoms with Gasteiger partial charge in [0.05, 0.1) is 5.69 Å². The quantitative estimate of drug-likeness (QED) is 0.894. The normalized spacial score (nSPS) is 10.5. The van der Waals surface area contributed by atoms with Crippen molar-refractivity contribution < 1.29 is 0 Å². The second-order valence-electron chi connectivity index (χ2n) is 3.05. The van der Waals surface area contributed by atoms with Crippen molar-refractivity contribution in [1.29, 1.82) is 0 Å². The molecule has 0 fully saturated rings. The van der Waals surface area contributed by atoms with Crippen molar-refractivity contribution in [3.8, 4) is 0 Å². The van der Waals surface area contributed by atoms with Crippen molar-refractivity contribution in [3.63, 3.8) is 0 Å². The van der Waals surface area contributed by atoms with E-state index in [4.69, 9.17) is 28.9 Å². The van der Waals surface area contributed by atoms with Crippen LogP contribution in [0.25, 0.3) is 0 Å². The molecule has 0 radical (unpaired) electrons. The van der Waals surface area contributed by atoms with Gasteiger partial charge in [0, 0.05) is 21.8 Å². The van der Waals surface area contributed by atoms with Gasteiger partial charge in [-0.2, -0.15) is 0 Å². The standard InChI is InChI=1S/C10H8Cl2N2S/c11-8-2-1-3-9(12)7(8)4-6-5-15-10(13)14-6/h1-3,5H,4H2,(H2,13,14). The second kappa shape index (κ2) is 4.39. The smallest absolute Gasteiger partial charge is 0.180 e. The molecule has 0 aliphatic rings. The number of aromatic nitrogens is 1. The Hall–Kier alpha value is -0.770. The van der Waals surface area contributed by atoms with Crippen LogP contribution < -0.4 is 5.73 Å². The maximum Gasteiger partial charge on any atom is 0.180 e. The highest BCUT2D eigenvalue weighted by molar-refractivity contribution is 7.13. The first-order chi connectivity index (χ1) is 7.16. The first-order valence-corrected chi connectivity index (χ1v) is 5.93. The van der Waals surface area contributed by atoms with E-state index in [1.807, 2.05) is 23.6 Å². The minimum atomic E-state index is 0.563. The molecule has 1 heterocycles. The average Bonchev–Trinajstić information content (AvgIpc) is 2.58. The monoisotopic (exact) mass is 258 g/mol. The van der Waals surface area contributed by atoms with Gasteiger partial charge in [0.15, 0.2) is 5.13 Å². The average molecular weight is 259 g/mol. The highest BCUT2D eigenvalue weighted by Crippen LogP contribution is 2.27. The fourth-order valence-corrected chi connectivity index (χ4v) is 2.38. The summed E-state index contributed by atoms with van der Waals surface area (Å²) >= 11 is 13.5. The lowest BCUT2D eigenvalue weighted by atomic mass is 10.1. The molecule has 2 aromatic rings. The molecule has 0 amide bonds. The lowest BCUT2D eigenvalue weighted by Crippen LogP contribution is -1.92. The van der Waals surface area contributed by atoms with Crippen molar-refractivity contribution >= 4 is 39.7 Å². The summed E-state index contributed by atoms with van der Waals surface area (Å²) in [5.41, 5.74) is 7.34. The Labute approximate surface area is 102 Å². The maximum absolute atomic E-state index is 6.05. The summed E-state index contributed by atoms with van der Waals surface area (Å²) in [5.74, 6) is 0. The Balaban J connectivity index is 2.31. The van der Waals surface area contributed by atoms with Crippen LogP contribution in [0.1, 0.15) is 11.3 Å². The van der Waals surface area contributed by atoms with Crippen LogP contribution in [0.5, 0.6) is 0 Å². The summed E-state index contributed by atoms with van der Waals surface area (Å²) < 4.78 is 0. The minimum Gasteiger partial charge on any atom is -0.375 e. The first kappa shape index (κ1) is 10.7. The summed E-state index contributed by atoms with van der Waals surface area (Å²) in [6.07, 6.45) is 0.617. The van der Waals surface area contributed by atoms with Crippen LogP contribution in [0.4, 0.5) is 5.13 Å². The highest BCUT2D eigenvalue weighted by atomic mass is 35.5. The Bertz CT molecular complexity index is 462. The lowest BCUT2D eigenvalue weighted by molar-refractivity contribution is 1.11. The summed E-state index contributed by atoms with van der Waals surface area (Å²) in [4.78, 5) is 4.17. The molecule has 0 unspecified atom stereocenters. The number of thiazole rings is 1. The SMILES string of the molecule is Nc1nc(Cc2c(Cl)cccc2Cl)cs1. The Morgan fingerprint density at radius 2 is 1.93 bits per heavy atom. The summed E-state index contributed by atoms with van der Waals surface area (Å²) in [7, 11) is 0. The zero-order valence-corrected chi connectivity index (χ0v) is 10.0. The van der Waals surface area contributed by atoms with Crippen LogP contribution in [-0.4, -0.2) is 4.98 Å². The van der Waals surface area contributed by atoms with E-state index in [1.54, 1.807) is 0 Å². The van der Waals surface area contributed by atoms with Gasteiger partial charge in [-0.3, -0.25) is 0 Å².